The lowest BCUT2D eigenvalue weighted by molar-refractivity contribution is 0.0944. The number of piperazine rings is 1. The van der Waals surface area contributed by atoms with Crippen molar-refractivity contribution in [1.82, 2.24) is 20.1 Å². The van der Waals surface area contributed by atoms with E-state index in [0.29, 0.717) is 6.54 Å². The molecule has 5 nitrogen and oxygen atoms in total. The summed E-state index contributed by atoms with van der Waals surface area (Å²) in [4.78, 5) is 19.5. The zero-order chi connectivity index (χ0) is 15.2. The summed E-state index contributed by atoms with van der Waals surface area (Å²) < 4.78 is 26.3. The van der Waals surface area contributed by atoms with Crippen molar-refractivity contribution in [3.05, 3.63) is 29.6 Å². The quantitative estimate of drug-likeness (QED) is 0.643. The molecule has 0 bridgehead atoms. The normalized spacial score (nSPS) is 16.9. The smallest absolute Gasteiger partial charge is 0.254 e. The van der Waals surface area contributed by atoms with E-state index in [4.69, 9.17) is 0 Å². The fourth-order valence-electron chi connectivity index (χ4n) is 2.26. The number of halogens is 2. The van der Waals surface area contributed by atoms with Crippen molar-refractivity contribution < 1.29 is 13.6 Å². The summed E-state index contributed by atoms with van der Waals surface area (Å²) in [5.74, 6) is -3.05. The van der Waals surface area contributed by atoms with E-state index in [1.165, 1.54) is 6.07 Å². The number of pyridine rings is 1. The lowest BCUT2D eigenvalue weighted by Crippen LogP contribution is -2.45. The van der Waals surface area contributed by atoms with Gasteiger partial charge in [-0.1, -0.05) is 0 Å². The Kier molecular flexibility index (Phi) is 5.58. The van der Waals surface area contributed by atoms with Gasteiger partial charge in [-0.3, -0.25) is 4.79 Å². The highest BCUT2D eigenvalue weighted by Crippen LogP contribution is 2.08. The van der Waals surface area contributed by atoms with Crippen molar-refractivity contribution in [2.24, 2.45) is 0 Å². The predicted octanol–water partition coefficient (Wildman–Crippen LogP) is 0.727. The number of amides is 1. The molecule has 0 unspecified atom stereocenters. The number of rotatable bonds is 5. The highest BCUT2D eigenvalue weighted by molar-refractivity contribution is 5.94. The largest absolute Gasteiger partial charge is 0.352 e. The number of aromatic nitrogens is 1. The molecule has 0 aromatic carbocycles. The molecule has 116 valence electrons. The molecule has 0 atom stereocenters. The zero-order valence-corrected chi connectivity index (χ0v) is 12.1. The Bertz CT molecular complexity index is 490. The summed E-state index contributed by atoms with van der Waals surface area (Å²) in [7, 11) is 2.10. The van der Waals surface area contributed by atoms with Gasteiger partial charge in [-0.05, 0) is 26.1 Å². The minimum atomic E-state index is -1.25. The molecule has 1 saturated heterocycles. The fraction of sp³-hybridized carbons (Fsp3) is 0.571. The molecule has 1 N–H and O–H groups in total. The maximum atomic E-state index is 13.4. The molecule has 1 fully saturated rings. The summed E-state index contributed by atoms with van der Waals surface area (Å²) >= 11 is 0. The van der Waals surface area contributed by atoms with Gasteiger partial charge < -0.3 is 15.1 Å². The lowest BCUT2D eigenvalue weighted by Gasteiger charge is -2.32. The average molecular weight is 298 g/mol. The van der Waals surface area contributed by atoms with Crippen molar-refractivity contribution in [3.8, 4) is 0 Å². The first-order valence-electron chi connectivity index (χ1n) is 7.07. The van der Waals surface area contributed by atoms with Crippen LogP contribution in [-0.2, 0) is 0 Å². The molecular weight excluding hydrogens is 278 g/mol. The van der Waals surface area contributed by atoms with Gasteiger partial charge in [-0.15, -0.1) is 0 Å². The predicted molar refractivity (Wildman–Crippen MR) is 75.0 cm³/mol. The Hall–Kier alpha value is -1.60. The van der Waals surface area contributed by atoms with Crippen LogP contribution in [0.1, 0.15) is 16.8 Å². The molecule has 2 rings (SSSR count). The number of likely N-dealkylation sites (N-methyl/N-ethyl adjacent to an activating group) is 1. The number of hydrogen-bond acceptors (Lipinski definition) is 4. The summed E-state index contributed by atoms with van der Waals surface area (Å²) in [6.07, 6.45) is 1.86. The highest BCUT2D eigenvalue weighted by atomic mass is 19.2. The monoisotopic (exact) mass is 298 g/mol. The average Bonchev–Trinajstić information content (AvgIpc) is 2.48. The molecule has 21 heavy (non-hydrogen) atoms. The maximum absolute atomic E-state index is 13.4. The summed E-state index contributed by atoms with van der Waals surface area (Å²) in [5.41, 5.74) is -0.304. The van der Waals surface area contributed by atoms with Crippen LogP contribution in [0.15, 0.2) is 12.3 Å². The van der Waals surface area contributed by atoms with Crippen LogP contribution in [-0.4, -0.2) is 67.0 Å². The molecular formula is C14H20F2N4O. The van der Waals surface area contributed by atoms with Crippen molar-refractivity contribution in [2.75, 3.05) is 46.3 Å². The van der Waals surface area contributed by atoms with Crippen LogP contribution in [0.5, 0.6) is 0 Å². The number of carbonyl (C=O) groups excluding carboxylic acids is 1. The molecule has 0 spiro atoms. The fourth-order valence-corrected chi connectivity index (χ4v) is 2.26. The summed E-state index contributed by atoms with van der Waals surface area (Å²) in [6, 6.07) is 1.17. The van der Waals surface area contributed by atoms with E-state index in [9.17, 15) is 13.6 Å². The van der Waals surface area contributed by atoms with Gasteiger partial charge in [-0.2, -0.15) is 4.39 Å². The standard InChI is InChI=1S/C14H20F2N4O/c1-19-7-9-20(10-8-19)6-2-4-18-14(21)11-3-5-17-13(16)12(11)15/h3,5H,2,4,6-10H2,1H3,(H,18,21). The molecule has 7 heteroatoms. The SMILES string of the molecule is CN1CCN(CCCNC(=O)c2ccnc(F)c2F)CC1. The molecule has 2 heterocycles. The number of nitrogens with one attached hydrogen (secondary N) is 1. The second-order valence-corrected chi connectivity index (χ2v) is 5.22. The van der Waals surface area contributed by atoms with Gasteiger partial charge in [0.25, 0.3) is 5.91 Å². The van der Waals surface area contributed by atoms with E-state index in [2.05, 4.69) is 27.1 Å². The number of carbonyl (C=O) groups is 1. The zero-order valence-electron chi connectivity index (χ0n) is 12.1. The Morgan fingerprint density at radius 3 is 2.76 bits per heavy atom. The summed E-state index contributed by atoms with van der Waals surface area (Å²) in [5, 5.41) is 2.60. The Morgan fingerprint density at radius 2 is 2.05 bits per heavy atom. The first-order valence-corrected chi connectivity index (χ1v) is 7.07. The first kappa shape index (κ1) is 15.8. The number of nitrogens with zero attached hydrogens (tertiary/aromatic N) is 3. The second-order valence-electron chi connectivity index (χ2n) is 5.22. The van der Waals surface area contributed by atoms with Crippen molar-refractivity contribution in [3.63, 3.8) is 0 Å². The van der Waals surface area contributed by atoms with Gasteiger partial charge in [0.1, 0.15) is 0 Å². The van der Waals surface area contributed by atoms with E-state index in [0.717, 1.165) is 45.3 Å². The van der Waals surface area contributed by atoms with Gasteiger partial charge in [0.05, 0.1) is 5.56 Å². The molecule has 1 aliphatic rings. The van der Waals surface area contributed by atoms with Crippen molar-refractivity contribution in [2.45, 2.75) is 6.42 Å². The summed E-state index contributed by atoms with van der Waals surface area (Å²) in [6.45, 7) is 5.47. The molecule has 0 radical (unpaired) electrons. The van der Waals surface area contributed by atoms with Crippen LogP contribution in [0.2, 0.25) is 0 Å². The van der Waals surface area contributed by atoms with Crippen LogP contribution in [0, 0.1) is 11.8 Å². The molecule has 0 saturated carbocycles. The Labute approximate surface area is 122 Å². The molecule has 1 aromatic heterocycles. The van der Waals surface area contributed by atoms with Crippen molar-refractivity contribution >= 4 is 5.91 Å². The third kappa shape index (κ3) is 4.44. The van der Waals surface area contributed by atoms with Gasteiger partial charge in [0, 0.05) is 38.9 Å². The second kappa shape index (κ2) is 7.42. The van der Waals surface area contributed by atoms with Gasteiger partial charge >= 0.3 is 0 Å². The highest BCUT2D eigenvalue weighted by Gasteiger charge is 2.16. The van der Waals surface area contributed by atoms with E-state index < -0.39 is 17.7 Å². The minimum absolute atomic E-state index is 0.304. The lowest BCUT2D eigenvalue weighted by atomic mass is 10.2. The van der Waals surface area contributed by atoms with Crippen LogP contribution in [0.3, 0.4) is 0 Å². The van der Waals surface area contributed by atoms with Gasteiger partial charge in [0.15, 0.2) is 5.82 Å². The molecule has 1 amide bonds. The Balaban J connectivity index is 1.71. The van der Waals surface area contributed by atoms with Crippen LogP contribution in [0.4, 0.5) is 8.78 Å². The maximum Gasteiger partial charge on any atom is 0.254 e. The van der Waals surface area contributed by atoms with E-state index >= 15 is 0 Å². The van der Waals surface area contributed by atoms with Gasteiger partial charge in [-0.25, -0.2) is 9.37 Å². The first-order chi connectivity index (χ1) is 10.1. The topological polar surface area (TPSA) is 48.5 Å². The van der Waals surface area contributed by atoms with Crippen molar-refractivity contribution in [1.29, 1.82) is 0 Å². The minimum Gasteiger partial charge on any atom is -0.352 e. The van der Waals surface area contributed by atoms with E-state index in [1.807, 2.05) is 0 Å². The molecule has 1 aliphatic heterocycles. The number of hydrogen-bond donors (Lipinski definition) is 1. The van der Waals surface area contributed by atoms with E-state index in [-0.39, 0.29) is 5.56 Å². The molecule has 1 aromatic rings. The van der Waals surface area contributed by atoms with Crippen LogP contribution in [0.25, 0.3) is 0 Å². The molecule has 0 aliphatic carbocycles. The third-order valence-electron chi connectivity index (χ3n) is 3.62. The van der Waals surface area contributed by atoms with E-state index in [1.54, 1.807) is 0 Å². The van der Waals surface area contributed by atoms with Gasteiger partial charge in [0.2, 0.25) is 5.95 Å². The van der Waals surface area contributed by atoms with Crippen LogP contribution >= 0.6 is 0 Å². The Morgan fingerprint density at radius 1 is 1.33 bits per heavy atom. The third-order valence-corrected chi connectivity index (χ3v) is 3.62. The van der Waals surface area contributed by atoms with Crippen LogP contribution < -0.4 is 5.32 Å².